The van der Waals surface area contributed by atoms with Crippen LogP contribution in [-0.2, 0) is 22.7 Å². The molecule has 0 aromatic carbocycles. The van der Waals surface area contributed by atoms with E-state index < -0.39 is 0 Å². The summed E-state index contributed by atoms with van der Waals surface area (Å²) in [6, 6.07) is 5.80. The number of carbonyl (C=O) groups excluding carboxylic acids is 2. The molecule has 2 amide bonds. The second-order valence-electron chi connectivity index (χ2n) is 6.36. The fraction of sp³-hybridized carbons (Fsp3) is 0.500. The van der Waals surface area contributed by atoms with Crippen molar-refractivity contribution in [1.82, 2.24) is 20.0 Å². The highest BCUT2D eigenvalue weighted by Gasteiger charge is 2.29. The Labute approximate surface area is 151 Å². The van der Waals surface area contributed by atoms with Crippen molar-refractivity contribution in [3.8, 4) is 0 Å². The van der Waals surface area contributed by atoms with E-state index in [2.05, 4.69) is 17.3 Å². The minimum absolute atomic E-state index is 0.0114. The Morgan fingerprint density at radius 3 is 3.04 bits per heavy atom. The summed E-state index contributed by atoms with van der Waals surface area (Å²) in [6.45, 7) is 3.76. The van der Waals surface area contributed by atoms with Gasteiger partial charge in [0.05, 0.1) is 31.2 Å². The Bertz CT molecular complexity index is 710. The Kier molecular flexibility index (Phi) is 5.86. The molecular weight excluding hydrogens is 336 g/mol. The van der Waals surface area contributed by atoms with Crippen LogP contribution >= 0.6 is 11.3 Å². The van der Waals surface area contributed by atoms with E-state index in [1.807, 2.05) is 33.2 Å². The Morgan fingerprint density at radius 1 is 1.40 bits per heavy atom. The number of aromatic nitrogens is 2. The number of carbonyl (C=O) groups is 2. The second kappa shape index (κ2) is 8.29. The van der Waals surface area contributed by atoms with Gasteiger partial charge in [-0.2, -0.15) is 5.10 Å². The van der Waals surface area contributed by atoms with Crippen molar-refractivity contribution in [3.63, 3.8) is 0 Å². The zero-order valence-corrected chi connectivity index (χ0v) is 15.3. The molecule has 7 heteroatoms. The van der Waals surface area contributed by atoms with Crippen LogP contribution in [0.15, 0.2) is 29.8 Å². The van der Waals surface area contributed by atoms with E-state index in [0.29, 0.717) is 32.5 Å². The zero-order chi connectivity index (χ0) is 17.6. The lowest BCUT2D eigenvalue weighted by Crippen LogP contribution is -2.42. The van der Waals surface area contributed by atoms with Gasteiger partial charge in [-0.3, -0.25) is 14.3 Å². The Balaban J connectivity index is 1.61. The average molecular weight is 360 g/mol. The number of nitrogens with one attached hydrogen (secondary N) is 1. The van der Waals surface area contributed by atoms with Crippen molar-refractivity contribution >= 4 is 23.2 Å². The first-order valence-corrected chi connectivity index (χ1v) is 9.64. The fourth-order valence-corrected chi connectivity index (χ4v) is 3.74. The molecule has 25 heavy (non-hydrogen) atoms. The van der Waals surface area contributed by atoms with Crippen LogP contribution < -0.4 is 5.32 Å². The van der Waals surface area contributed by atoms with Crippen LogP contribution in [0, 0.1) is 0 Å². The molecule has 0 spiro atoms. The number of hydrogen-bond acceptors (Lipinski definition) is 4. The van der Waals surface area contributed by atoms with Crippen molar-refractivity contribution in [2.75, 3.05) is 6.54 Å². The number of unbranched alkanes of at least 4 members (excludes halogenated alkanes) is 1. The van der Waals surface area contributed by atoms with Crippen LogP contribution in [0.1, 0.15) is 49.2 Å². The molecule has 1 atom stereocenters. The minimum atomic E-state index is -0.104. The molecule has 0 saturated carbocycles. The molecule has 2 aromatic heterocycles. The number of fused-ring (bicyclic) bond motifs is 1. The topological polar surface area (TPSA) is 67.2 Å². The lowest BCUT2D eigenvalue weighted by atomic mass is 10.1. The minimum Gasteiger partial charge on any atom is -0.351 e. The van der Waals surface area contributed by atoms with Crippen molar-refractivity contribution < 1.29 is 9.59 Å². The van der Waals surface area contributed by atoms with Gasteiger partial charge < -0.3 is 10.2 Å². The van der Waals surface area contributed by atoms with E-state index in [9.17, 15) is 9.59 Å². The zero-order valence-electron chi connectivity index (χ0n) is 14.5. The molecule has 0 unspecified atom stereocenters. The van der Waals surface area contributed by atoms with Gasteiger partial charge in [0.15, 0.2) is 0 Å². The molecule has 134 valence electrons. The second-order valence-corrected chi connectivity index (χ2v) is 7.39. The number of nitrogens with zero attached hydrogens (tertiary/aromatic N) is 3. The van der Waals surface area contributed by atoms with Crippen molar-refractivity contribution in [1.29, 1.82) is 0 Å². The SMILES string of the molecule is CCCCC(=O)N1Cc2ccnn2[C@@H](CC(=O)NCc2cccs2)C1. The Hall–Kier alpha value is -2.15. The quantitative estimate of drug-likeness (QED) is 0.825. The van der Waals surface area contributed by atoms with Gasteiger partial charge in [-0.05, 0) is 23.9 Å². The smallest absolute Gasteiger partial charge is 0.222 e. The summed E-state index contributed by atoms with van der Waals surface area (Å²) in [5.41, 5.74) is 0.993. The number of rotatable bonds is 7. The first-order valence-electron chi connectivity index (χ1n) is 8.76. The van der Waals surface area contributed by atoms with Crippen molar-refractivity contribution in [3.05, 3.63) is 40.3 Å². The molecule has 0 radical (unpaired) electrons. The molecule has 0 fully saturated rings. The van der Waals surface area contributed by atoms with Crippen LogP contribution in [-0.4, -0.2) is 33.0 Å². The molecule has 0 bridgehead atoms. The summed E-state index contributed by atoms with van der Waals surface area (Å²) in [4.78, 5) is 27.7. The molecule has 1 aliphatic heterocycles. The predicted molar refractivity (Wildman–Crippen MR) is 97.0 cm³/mol. The van der Waals surface area contributed by atoms with Gasteiger partial charge in [0.1, 0.15) is 0 Å². The number of thiophene rings is 1. The highest BCUT2D eigenvalue weighted by molar-refractivity contribution is 7.09. The maximum atomic E-state index is 12.4. The lowest BCUT2D eigenvalue weighted by molar-refractivity contribution is -0.134. The predicted octanol–water partition coefficient (Wildman–Crippen LogP) is 2.72. The van der Waals surface area contributed by atoms with Gasteiger partial charge in [-0.15, -0.1) is 11.3 Å². The molecular formula is C18H24N4O2S. The monoisotopic (exact) mass is 360 g/mol. The van der Waals surface area contributed by atoms with Gasteiger partial charge in [0.2, 0.25) is 11.8 Å². The van der Waals surface area contributed by atoms with Gasteiger partial charge >= 0.3 is 0 Å². The molecule has 3 rings (SSSR count). The normalized spacial score (nSPS) is 16.5. The highest BCUT2D eigenvalue weighted by Crippen LogP contribution is 2.24. The van der Waals surface area contributed by atoms with Gasteiger partial charge in [-0.1, -0.05) is 19.4 Å². The highest BCUT2D eigenvalue weighted by atomic mass is 32.1. The molecule has 2 aromatic rings. The van der Waals surface area contributed by atoms with Crippen LogP contribution in [0.3, 0.4) is 0 Å². The van der Waals surface area contributed by atoms with E-state index >= 15 is 0 Å². The molecule has 1 N–H and O–H groups in total. The third-order valence-corrected chi connectivity index (χ3v) is 5.32. The third-order valence-electron chi connectivity index (χ3n) is 4.44. The van der Waals surface area contributed by atoms with E-state index in [4.69, 9.17) is 0 Å². The standard InChI is InChI=1S/C18H24N4O2S/c1-2-3-6-18(24)21-12-14-7-8-20-22(14)15(13-21)10-17(23)19-11-16-5-4-9-25-16/h4-5,7-9,15H,2-3,6,10-13H2,1H3,(H,19,23)/t15-/m0/s1. The third kappa shape index (κ3) is 4.48. The first-order chi connectivity index (χ1) is 12.2. The summed E-state index contributed by atoms with van der Waals surface area (Å²) in [6.07, 6.45) is 4.55. The van der Waals surface area contributed by atoms with Crippen molar-refractivity contribution in [2.45, 2.75) is 51.7 Å². The average Bonchev–Trinajstić information content (AvgIpc) is 3.29. The largest absolute Gasteiger partial charge is 0.351 e. The number of amides is 2. The van der Waals surface area contributed by atoms with E-state index in [1.165, 1.54) is 0 Å². The van der Waals surface area contributed by atoms with Gasteiger partial charge in [0.25, 0.3) is 0 Å². The molecule has 0 saturated heterocycles. The summed E-state index contributed by atoms with van der Waals surface area (Å²) in [5, 5.41) is 9.32. The van der Waals surface area contributed by atoms with E-state index in [0.717, 1.165) is 23.4 Å². The maximum absolute atomic E-state index is 12.4. The van der Waals surface area contributed by atoms with E-state index in [-0.39, 0.29) is 17.9 Å². The Morgan fingerprint density at radius 2 is 2.28 bits per heavy atom. The summed E-state index contributed by atoms with van der Waals surface area (Å²) in [7, 11) is 0. The van der Waals surface area contributed by atoms with Crippen LogP contribution in [0.5, 0.6) is 0 Å². The maximum Gasteiger partial charge on any atom is 0.222 e. The van der Waals surface area contributed by atoms with Crippen molar-refractivity contribution in [2.24, 2.45) is 0 Å². The molecule has 3 heterocycles. The summed E-state index contributed by atoms with van der Waals surface area (Å²) in [5.74, 6) is 0.154. The lowest BCUT2D eigenvalue weighted by Gasteiger charge is -2.33. The fourth-order valence-electron chi connectivity index (χ4n) is 3.10. The summed E-state index contributed by atoms with van der Waals surface area (Å²) >= 11 is 1.63. The van der Waals surface area contributed by atoms with E-state index in [1.54, 1.807) is 17.5 Å². The van der Waals surface area contributed by atoms with Gasteiger partial charge in [-0.25, -0.2) is 0 Å². The van der Waals surface area contributed by atoms with Crippen LogP contribution in [0.4, 0.5) is 0 Å². The molecule has 6 nitrogen and oxygen atoms in total. The van der Waals surface area contributed by atoms with Crippen LogP contribution in [0.2, 0.25) is 0 Å². The number of hydrogen-bond donors (Lipinski definition) is 1. The van der Waals surface area contributed by atoms with Crippen LogP contribution in [0.25, 0.3) is 0 Å². The first kappa shape index (κ1) is 17.7. The van der Waals surface area contributed by atoms with Gasteiger partial charge in [0, 0.05) is 24.0 Å². The summed E-state index contributed by atoms with van der Waals surface area (Å²) < 4.78 is 1.90. The molecule has 0 aliphatic carbocycles. The molecule has 1 aliphatic rings.